The minimum absolute atomic E-state index is 0.634. The van der Waals surface area contributed by atoms with Gasteiger partial charge in [0.2, 0.25) is 0 Å². The van der Waals surface area contributed by atoms with E-state index in [9.17, 15) is 0 Å². The summed E-state index contributed by atoms with van der Waals surface area (Å²) in [6.45, 7) is 14.3. The summed E-state index contributed by atoms with van der Waals surface area (Å²) in [5, 5.41) is 3.48. The molecule has 96 valence electrons. The number of unbranched alkanes of at least 4 members (excludes halogenated alkanes) is 1. The number of hydrogen-bond acceptors (Lipinski definition) is 2. The average Bonchev–Trinajstić information content (AvgIpc) is 2.15. The van der Waals surface area contributed by atoms with Gasteiger partial charge >= 0.3 is 0 Å². The van der Waals surface area contributed by atoms with Gasteiger partial charge in [-0.15, -0.1) is 0 Å². The first-order valence-corrected chi connectivity index (χ1v) is 7.03. The zero-order valence-electron chi connectivity index (χ0n) is 11.6. The molecule has 0 amide bonds. The lowest BCUT2D eigenvalue weighted by atomic mass is 9.92. The molecule has 1 aliphatic heterocycles. The summed E-state index contributed by atoms with van der Waals surface area (Å²) in [6.07, 6.45) is 4.09. The number of likely N-dealkylation sites (tertiary alicyclic amines) is 1. The molecule has 2 unspecified atom stereocenters. The molecule has 0 aromatic heterocycles. The molecule has 2 heteroatoms. The highest BCUT2D eigenvalue weighted by Crippen LogP contribution is 2.20. The molecule has 1 saturated heterocycles. The molecule has 2 nitrogen and oxygen atoms in total. The van der Waals surface area contributed by atoms with Crippen molar-refractivity contribution in [2.75, 3.05) is 26.2 Å². The molecule has 1 N–H and O–H groups in total. The molecule has 1 fully saturated rings. The molecule has 16 heavy (non-hydrogen) atoms. The van der Waals surface area contributed by atoms with E-state index in [4.69, 9.17) is 0 Å². The molecule has 2 atom stereocenters. The van der Waals surface area contributed by atoms with E-state index in [1.54, 1.807) is 0 Å². The molecule has 0 saturated carbocycles. The van der Waals surface area contributed by atoms with Crippen molar-refractivity contribution >= 4 is 0 Å². The summed E-state index contributed by atoms with van der Waals surface area (Å²) in [7, 11) is 0. The first-order chi connectivity index (χ1) is 7.58. The summed E-state index contributed by atoms with van der Waals surface area (Å²) < 4.78 is 0. The number of nitrogens with one attached hydrogen (secondary N) is 1. The molecule has 1 rings (SSSR count). The molecule has 0 aromatic rings. The lowest BCUT2D eigenvalue weighted by molar-refractivity contribution is 0.139. The molecule has 0 aliphatic carbocycles. The average molecular weight is 226 g/mol. The lowest BCUT2D eigenvalue weighted by Gasteiger charge is -2.35. The van der Waals surface area contributed by atoms with Crippen molar-refractivity contribution in [1.29, 1.82) is 0 Å². The van der Waals surface area contributed by atoms with E-state index in [-0.39, 0.29) is 0 Å². The zero-order chi connectivity index (χ0) is 12.0. The molecular formula is C14H30N2. The maximum absolute atomic E-state index is 3.48. The van der Waals surface area contributed by atoms with Crippen LogP contribution in [0, 0.1) is 11.8 Å². The summed E-state index contributed by atoms with van der Waals surface area (Å²) in [6, 6.07) is 0.634. The smallest absolute Gasteiger partial charge is 0.00103 e. The quantitative estimate of drug-likeness (QED) is 0.701. The third kappa shape index (κ3) is 5.86. The van der Waals surface area contributed by atoms with Gasteiger partial charge in [-0.3, -0.25) is 0 Å². The van der Waals surface area contributed by atoms with Gasteiger partial charge in [-0.25, -0.2) is 0 Å². The van der Waals surface area contributed by atoms with Gasteiger partial charge in [0.15, 0.2) is 0 Å². The third-order valence-corrected chi connectivity index (χ3v) is 3.40. The molecular weight excluding hydrogens is 196 g/mol. The van der Waals surface area contributed by atoms with Crippen LogP contribution in [0.5, 0.6) is 0 Å². The minimum atomic E-state index is 0.634. The van der Waals surface area contributed by atoms with Crippen molar-refractivity contribution in [2.24, 2.45) is 11.8 Å². The first-order valence-electron chi connectivity index (χ1n) is 7.03. The van der Waals surface area contributed by atoms with Crippen LogP contribution in [0.25, 0.3) is 0 Å². The molecule has 0 aromatic carbocycles. The minimum Gasteiger partial charge on any atom is -0.315 e. The molecule has 0 spiro atoms. The molecule has 0 bridgehead atoms. The number of nitrogens with zero attached hydrogens (tertiary/aromatic N) is 1. The van der Waals surface area contributed by atoms with Crippen LogP contribution in [-0.4, -0.2) is 37.1 Å². The normalized spacial score (nSPS) is 27.6. The fourth-order valence-electron chi connectivity index (χ4n) is 2.83. The maximum Gasteiger partial charge on any atom is 0.00103 e. The van der Waals surface area contributed by atoms with E-state index >= 15 is 0 Å². The Kier molecular flexibility index (Phi) is 6.37. The predicted octanol–water partition coefficient (Wildman–Crippen LogP) is 2.74. The van der Waals surface area contributed by atoms with Gasteiger partial charge in [0.25, 0.3) is 0 Å². The van der Waals surface area contributed by atoms with Gasteiger partial charge in [0.05, 0.1) is 0 Å². The van der Waals surface area contributed by atoms with Gasteiger partial charge in [-0.05, 0) is 44.2 Å². The Balaban J connectivity index is 2.04. The summed E-state index contributed by atoms with van der Waals surface area (Å²) in [4.78, 5) is 2.66. The summed E-state index contributed by atoms with van der Waals surface area (Å²) in [5.41, 5.74) is 0. The Morgan fingerprint density at radius 3 is 2.31 bits per heavy atom. The highest BCUT2D eigenvalue weighted by atomic mass is 15.1. The van der Waals surface area contributed by atoms with Crippen molar-refractivity contribution in [3.63, 3.8) is 0 Å². The van der Waals surface area contributed by atoms with Crippen LogP contribution >= 0.6 is 0 Å². The second kappa shape index (κ2) is 7.29. The predicted molar refractivity (Wildman–Crippen MR) is 71.8 cm³/mol. The summed E-state index contributed by atoms with van der Waals surface area (Å²) >= 11 is 0. The monoisotopic (exact) mass is 226 g/mol. The topological polar surface area (TPSA) is 15.3 Å². The first kappa shape index (κ1) is 14.0. The van der Waals surface area contributed by atoms with Crippen LogP contribution in [0.1, 0.15) is 47.0 Å². The highest BCUT2D eigenvalue weighted by Gasteiger charge is 2.20. The van der Waals surface area contributed by atoms with Gasteiger partial charge in [-0.2, -0.15) is 0 Å². The second-order valence-electron chi connectivity index (χ2n) is 6.02. The number of hydrogen-bond donors (Lipinski definition) is 1. The van der Waals surface area contributed by atoms with Gasteiger partial charge < -0.3 is 10.2 Å². The Morgan fingerprint density at radius 2 is 1.75 bits per heavy atom. The number of rotatable bonds is 6. The van der Waals surface area contributed by atoms with Crippen LogP contribution in [0.4, 0.5) is 0 Å². The van der Waals surface area contributed by atoms with E-state index in [0.29, 0.717) is 6.04 Å². The lowest BCUT2D eigenvalue weighted by Crippen LogP contribution is -2.39. The zero-order valence-corrected chi connectivity index (χ0v) is 11.6. The van der Waals surface area contributed by atoms with E-state index in [1.807, 2.05) is 0 Å². The second-order valence-corrected chi connectivity index (χ2v) is 6.02. The molecule has 0 radical (unpaired) electrons. The van der Waals surface area contributed by atoms with Crippen molar-refractivity contribution < 1.29 is 0 Å². The highest BCUT2D eigenvalue weighted by molar-refractivity contribution is 4.74. The standard InChI is InChI=1S/C14H30N2/c1-12(2)15-7-5-6-8-16-10-13(3)9-14(4)11-16/h12-15H,5-11H2,1-4H3. The fourth-order valence-corrected chi connectivity index (χ4v) is 2.83. The fraction of sp³-hybridized carbons (Fsp3) is 1.00. The van der Waals surface area contributed by atoms with Crippen molar-refractivity contribution in [3.8, 4) is 0 Å². The molecule has 1 heterocycles. The SMILES string of the molecule is CC1CC(C)CN(CCCCNC(C)C)C1. The van der Waals surface area contributed by atoms with Crippen LogP contribution in [0.15, 0.2) is 0 Å². The van der Waals surface area contributed by atoms with E-state index in [0.717, 1.165) is 11.8 Å². The molecule has 1 aliphatic rings. The Morgan fingerprint density at radius 1 is 1.12 bits per heavy atom. The Labute approximate surface area is 102 Å². The van der Waals surface area contributed by atoms with Crippen LogP contribution in [-0.2, 0) is 0 Å². The largest absolute Gasteiger partial charge is 0.315 e. The number of piperidine rings is 1. The van der Waals surface area contributed by atoms with E-state index < -0.39 is 0 Å². The van der Waals surface area contributed by atoms with Crippen molar-refractivity contribution in [2.45, 2.75) is 53.0 Å². The van der Waals surface area contributed by atoms with Crippen molar-refractivity contribution in [1.82, 2.24) is 10.2 Å². The van der Waals surface area contributed by atoms with Crippen LogP contribution in [0.2, 0.25) is 0 Å². The third-order valence-electron chi connectivity index (χ3n) is 3.40. The Bertz CT molecular complexity index is 170. The van der Waals surface area contributed by atoms with Crippen LogP contribution in [0.3, 0.4) is 0 Å². The van der Waals surface area contributed by atoms with Gasteiger partial charge in [0, 0.05) is 19.1 Å². The van der Waals surface area contributed by atoms with Gasteiger partial charge in [0.1, 0.15) is 0 Å². The van der Waals surface area contributed by atoms with Crippen LogP contribution < -0.4 is 5.32 Å². The van der Waals surface area contributed by atoms with Crippen molar-refractivity contribution in [3.05, 3.63) is 0 Å². The summed E-state index contributed by atoms with van der Waals surface area (Å²) in [5.74, 6) is 1.80. The van der Waals surface area contributed by atoms with E-state index in [2.05, 4.69) is 37.9 Å². The Hall–Kier alpha value is -0.0800. The van der Waals surface area contributed by atoms with Gasteiger partial charge in [-0.1, -0.05) is 27.7 Å². The maximum atomic E-state index is 3.48. The van der Waals surface area contributed by atoms with E-state index in [1.165, 1.54) is 45.4 Å².